The number of carbonyl (C=O) groups is 2. The number of esters is 1. The van der Waals surface area contributed by atoms with E-state index in [-0.39, 0.29) is 12.5 Å². The van der Waals surface area contributed by atoms with Crippen LogP contribution in [0.1, 0.15) is 18.1 Å². The van der Waals surface area contributed by atoms with Gasteiger partial charge in [0.25, 0.3) is 5.91 Å². The van der Waals surface area contributed by atoms with Crippen molar-refractivity contribution in [3.63, 3.8) is 0 Å². The molecule has 2 aromatic carbocycles. The van der Waals surface area contributed by atoms with Gasteiger partial charge in [-0.05, 0) is 23.6 Å². The lowest BCUT2D eigenvalue weighted by molar-refractivity contribution is -0.177. The molecule has 0 saturated carbocycles. The summed E-state index contributed by atoms with van der Waals surface area (Å²) in [5.41, 5.74) is 2.44. The summed E-state index contributed by atoms with van der Waals surface area (Å²) in [6.45, 7) is 5.72. The van der Waals surface area contributed by atoms with E-state index in [0.717, 1.165) is 11.1 Å². The third-order valence-corrected chi connectivity index (χ3v) is 4.98. The minimum Gasteiger partial charge on any atom is -0.459 e. The topological polar surface area (TPSA) is 68.2 Å². The van der Waals surface area contributed by atoms with Gasteiger partial charge in [0.05, 0.1) is 0 Å². The number of carbonyl (C=O) groups excluding carboxylic acids is 2. The number of likely N-dealkylation sites (tertiary alicyclic amines) is 1. The van der Waals surface area contributed by atoms with E-state index in [1.54, 1.807) is 6.92 Å². The van der Waals surface area contributed by atoms with Crippen molar-refractivity contribution in [2.45, 2.75) is 38.3 Å². The number of β-lactam (4-membered cyclic amide) rings is 1. The Kier molecular flexibility index (Phi) is 5.16. The fraction of sp³-hybridized carbons (Fsp3) is 0.261. The highest BCUT2D eigenvalue weighted by molar-refractivity contribution is 5.99. The summed E-state index contributed by atoms with van der Waals surface area (Å²) in [7, 11) is 0. The number of rotatable bonds is 7. The van der Waals surface area contributed by atoms with E-state index < -0.39 is 24.3 Å². The second kappa shape index (κ2) is 7.91. The number of amides is 1. The minimum absolute atomic E-state index is 0.135. The highest BCUT2D eigenvalue weighted by atomic mass is 16.5. The number of benzene rings is 2. The predicted octanol–water partition coefficient (Wildman–Crippen LogP) is 2.88. The Morgan fingerprint density at radius 3 is 2.38 bits per heavy atom. The van der Waals surface area contributed by atoms with E-state index in [2.05, 4.69) is 11.6 Å². The molecule has 0 aromatic heterocycles. The third-order valence-electron chi connectivity index (χ3n) is 4.98. The second-order valence-electron chi connectivity index (χ2n) is 7.23. The molecule has 6 heteroatoms. The van der Waals surface area contributed by atoms with E-state index in [4.69, 9.17) is 9.47 Å². The summed E-state index contributed by atoms with van der Waals surface area (Å²) in [6.07, 6.45) is -0.0855. The summed E-state index contributed by atoms with van der Waals surface area (Å²) in [6, 6.07) is 17.7. The fourth-order valence-corrected chi connectivity index (χ4v) is 3.53. The van der Waals surface area contributed by atoms with Crippen molar-refractivity contribution < 1.29 is 19.1 Å². The molecule has 0 radical (unpaired) electrons. The molecule has 0 unspecified atom stereocenters. The molecule has 6 nitrogen and oxygen atoms in total. The maximum Gasteiger partial charge on any atom is 0.333 e. The molecule has 4 rings (SSSR count). The lowest BCUT2D eigenvalue weighted by Gasteiger charge is -2.44. The number of hydrogen-bond donors (Lipinski definition) is 0. The van der Waals surface area contributed by atoms with Crippen LogP contribution in [-0.2, 0) is 32.1 Å². The van der Waals surface area contributed by atoms with Crippen LogP contribution >= 0.6 is 0 Å². The first-order valence-corrected chi connectivity index (χ1v) is 9.50. The van der Waals surface area contributed by atoms with Crippen LogP contribution in [0, 0.1) is 0 Å². The molecule has 1 saturated heterocycles. The van der Waals surface area contributed by atoms with Crippen molar-refractivity contribution in [3.05, 3.63) is 83.9 Å². The Morgan fingerprint density at radius 1 is 1.14 bits per heavy atom. The van der Waals surface area contributed by atoms with Gasteiger partial charge in [0.2, 0.25) is 6.23 Å². The Labute approximate surface area is 169 Å². The number of ether oxygens (including phenoxy) is 2. The SMILES string of the molecule is C=C(C)[C@H](C(=O)OCc1ccccc1)N1C(=O)[C@H]2N=C(Cc3ccccc3)O[C@H]21. The van der Waals surface area contributed by atoms with Crippen molar-refractivity contribution >= 4 is 17.8 Å². The van der Waals surface area contributed by atoms with E-state index in [0.29, 0.717) is 17.9 Å². The Bertz CT molecular complexity index is 955. The lowest BCUT2D eigenvalue weighted by Crippen LogP contribution is -2.68. The molecule has 0 bridgehead atoms. The van der Waals surface area contributed by atoms with Gasteiger partial charge in [-0.1, -0.05) is 67.2 Å². The van der Waals surface area contributed by atoms with E-state index in [9.17, 15) is 9.59 Å². The number of fused-ring (bicyclic) bond motifs is 1. The zero-order chi connectivity index (χ0) is 20.4. The highest BCUT2D eigenvalue weighted by Crippen LogP contribution is 2.34. The molecule has 0 N–H and O–H groups in total. The molecule has 0 spiro atoms. The van der Waals surface area contributed by atoms with Gasteiger partial charge in [0, 0.05) is 6.42 Å². The van der Waals surface area contributed by atoms with Crippen LogP contribution < -0.4 is 0 Å². The summed E-state index contributed by atoms with van der Waals surface area (Å²) in [5, 5.41) is 0. The number of aliphatic imine (C=N–C) groups is 1. The van der Waals surface area contributed by atoms with Crippen LogP contribution in [-0.4, -0.2) is 41.0 Å². The van der Waals surface area contributed by atoms with E-state index in [1.165, 1.54) is 4.90 Å². The molecule has 2 heterocycles. The van der Waals surface area contributed by atoms with Crippen molar-refractivity contribution in [1.29, 1.82) is 0 Å². The first-order valence-electron chi connectivity index (χ1n) is 9.50. The van der Waals surface area contributed by atoms with Gasteiger partial charge in [-0.2, -0.15) is 0 Å². The van der Waals surface area contributed by atoms with Gasteiger partial charge in [-0.15, -0.1) is 0 Å². The zero-order valence-corrected chi connectivity index (χ0v) is 16.2. The van der Waals surface area contributed by atoms with E-state index >= 15 is 0 Å². The third kappa shape index (κ3) is 3.78. The molecule has 148 valence electrons. The monoisotopic (exact) mass is 390 g/mol. The molecule has 1 amide bonds. The van der Waals surface area contributed by atoms with Gasteiger partial charge in [0.15, 0.2) is 18.0 Å². The largest absolute Gasteiger partial charge is 0.459 e. The highest BCUT2D eigenvalue weighted by Gasteiger charge is 2.57. The Morgan fingerprint density at radius 2 is 1.76 bits per heavy atom. The van der Waals surface area contributed by atoms with Crippen LogP contribution in [0.15, 0.2) is 77.8 Å². The van der Waals surface area contributed by atoms with Gasteiger partial charge >= 0.3 is 5.97 Å². The standard InChI is InChI=1S/C23H22N2O4/c1-15(2)20(23(27)28-14-17-11-7-4-8-12-17)25-21(26)19-22(25)29-18(24-19)13-16-9-5-3-6-10-16/h3-12,19-20,22H,1,13-14H2,2H3/t19-,20-,22-/m1/s1. The molecule has 2 aliphatic rings. The smallest absolute Gasteiger partial charge is 0.333 e. The zero-order valence-electron chi connectivity index (χ0n) is 16.2. The van der Waals surface area contributed by atoms with Crippen molar-refractivity contribution in [2.24, 2.45) is 4.99 Å². The average Bonchev–Trinajstić information content (AvgIpc) is 3.10. The molecule has 1 fully saturated rings. The summed E-state index contributed by atoms with van der Waals surface area (Å²) < 4.78 is 11.3. The predicted molar refractivity (Wildman–Crippen MR) is 108 cm³/mol. The van der Waals surface area contributed by atoms with Crippen LogP contribution in [0.3, 0.4) is 0 Å². The Balaban J connectivity index is 1.42. The quantitative estimate of drug-likeness (QED) is 0.414. The van der Waals surface area contributed by atoms with Gasteiger partial charge < -0.3 is 9.47 Å². The maximum atomic E-state index is 12.7. The normalized spacial score (nSPS) is 20.8. The van der Waals surface area contributed by atoms with Crippen molar-refractivity contribution in [3.8, 4) is 0 Å². The summed E-state index contributed by atoms with van der Waals surface area (Å²) >= 11 is 0. The molecule has 3 atom stereocenters. The molecule has 2 aromatic rings. The maximum absolute atomic E-state index is 12.7. The molecule has 29 heavy (non-hydrogen) atoms. The van der Waals surface area contributed by atoms with Crippen molar-refractivity contribution in [2.75, 3.05) is 0 Å². The van der Waals surface area contributed by atoms with Crippen LogP contribution in [0.4, 0.5) is 0 Å². The number of nitrogens with zero attached hydrogens (tertiary/aromatic N) is 2. The first kappa shape index (κ1) is 18.9. The van der Waals surface area contributed by atoms with Crippen molar-refractivity contribution in [1.82, 2.24) is 4.90 Å². The Hall–Kier alpha value is -3.41. The summed E-state index contributed by atoms with van der Waals surface area (Å²) in [5.74, 6) is -0.267. The number of hydrogen-bond acceptors (Lipinski definition) is 5. The van der Waals surface area contributed by atoms with E-state index in [1.807, 2.05) is 60.7 Å². The van der Waals surface area contributed by atoms with Gasteiger partial charge in [0.1, 0.15) is 6.61 Å². The van der Waals surface area contributed by atoms with Crippen LogP contribution in [0.25, 0.3) is 0 Å². The first-order chi connectivity index (χ1) is 14.0. The van der Waals surface area contributed by atoms with Gasteiger partial charge in [-0.3, -0.25) is 9.69 Å². The molecular weight excluding hydrogens is 368 g/mol. The fourth-order valence-electron chi connectivity index (χ4n) is 3.53. The average molecular weight is 390 g/mol. The van der Waals surface area contributed by atoms with Crippen LogP contribution in [0.5, 0.6) is 0 Å². The molecule has 0 aliphatic carbocycles. The summed E-state index contributed by atoms with van der Waals surface area (Å²) in [4.78, 5) is 31.2. The molecule has 2 aliphatic heterocycles. The van der Waals surface area contributed by atoms with Gasteiger partial charge in [-0.25, -0.2) is 9.79 Å². The second-order valence-corrected chi connectivity index (χ2v) is 7.23. The lowest BCUT2D eigenvalue weighted by atomic mass is 9.98. The van der Waals surface area contributed by atoms with Crippen LogP contribution in [0.2, 0.25) is 0 Å². The molecular formula is C23H22N2O4. The minimum atomic E-state index is -0.890.